The molecule has 100 valence electrons. The van der Waals surface area contributed by atoms with E-state index in [2.05, 4.69) is 4.98 Å². The number of hydrogen-bond donors (Lipinski definition) is 1. The minimum absolute atomic E-state index is 0.539. The second-order valence-electron chi connectivity index (χ2n) is 4.34. The molecule has 0 atom stereocenters. The van der Waals surface area contributed by atoms with E-state index in [0.717, 1.165) is 16.7 Å². The summed E-state index contributed by atoms with van der Waals surface area (Å²) < 4.78 is 5.95. The van der Waals surface area contributed by atoms with Crippen molar-refractivity contribution in [2.24, 2.45) is 0 Å². The average Bonchev–Trinajstić information content (AvgIpc) is 2.51. The Kier molecular flexibility index (Phi) is 3.48. The van der Waals surface area contributed by atoms with Crippen LogP contribution in [0.2, 0.25) is 0 Å². The van der Waals surface area contributed by atoms with Gasteiger partial charge in [-0.25, -0.2) is 0 Å². The van der Waals surface area contributed by atoms with E-state index in [4.69, 9.17) is 10.5 Å². The molecule has 0 saturated carbocycles. The van der Waals surface area contributed by atoms with Gasteiger partial charge in [-0.1, -0.05) is 12.1 Å². The van der Waals surface area contributed by atoms with Crippen molar-refractivity contribution < 1.29 is 4.74 Å². The highest BCUT2D eigenvalue weighted by molar-refractivity contribution is 7.98. The number of nitrogens with two attached hydrogens (primary N) is 1. The normalized spacial score (nSPS) is 10.7. The smallest absolute Gasteiger partial charge is 0.161 e. The predicted octanol–water partition coefficient (Wildman–Crippen LogP) is 4.33. The number of pyridine rings is 1. The zero-order chi connectivity index (χ0) is 13.9. The van der Waals surface area contributed by atoms with Crippen LogP contribution in [0, 0.1) is 0 Å². The number of thioether (sulfide) groups is 1. The molecule has 3 rings (SSSR count). The van der Waals surface area contributed by atoms with Crippen molar-refractivity contribution in [1.82, 2.24) is 4.98 Å². The maximum atomic E-state index is 6.00. The van der Waals surface area contributed by atoms with E-state index in [1.807, 2.05) is 54.8 Å². The number of anilines is 1. The summed E-state index contributed by atoms with van der Waals surface area (Å²) in [6.07, 6.45) is 3.68. The molecule has 2 aromatic carbocycles. The van der Waals surface area contributed by atoms with Gasteiger partial charge in [0.25, 0.3) is 0 Å². The molecule has 0 radical (unpaired) electrons. The molecular formula is C16H14N2OS. The highest BCUT2D eigenvalue weighted by Gasteiger charge is 2.08. The zero-order valence-corrected chi connectivity index (χ0v) is 11.9. The second kappa shape index (κ2) is 5.43. The van der Waals surface area contributed by atoms with Crippen molar-refractivity contribution in [2.45, 2.75) is 4.90 Å². The van der Waals surface area contributed by atoms with E-state index >= 15 is 0 Å². The van der Waals surface area contributed by atoms with E-state index in [1.54, 1.807) is 18.0 Å². The van der Waals surface area contributed by atoms with Crippen LogP contribution in [0.15, 0.2) is 59.6 Å². The Balaban J connectivity index is 2.02. The molecule has 0 aliphatic carbocycles. The van der Waals surface area contributed by atoms with Crippen molar-refractivity contribution in [2.75, 3.05) is 12.0 Å². The van der Waals surface area contributed by atoms with Gasteiger partial charge in [0.15, 0.2) is 5.75 Å². The van der Waals surface area contributed by atoms with E-state index in [-0.39, 0.29) is 0 Å². The molecule has 3 nitrogen and oxygen atoms in total. The molecule has 0 amide bonds. The maximum absolute atomic E-state index is 6.00. The number of rotatable bonds is 3. The Morgan fingerprint density at radius 1 is 1.05 bits per heavy atom. The minimum Gasteiger partial charge on any atom is -0.454 e. The Morgan fingerprint density at radius 3 is 2.55 bits per heavy atom. The minimum atomic E-state index is 0.539. The summed E-state index contributed by atoms with van der Waals surface area (Å²) in [5.41, 5.74) is 7.41. The van der Waals surface area contributed by atoms with Crippen LogP contribution < -0.4 is 10.5 Å². The Bertz CT molecular complexity index is 741. The van der Waals surface area contributed by atoms with E-state index < -0.39 is 0 Å². The van der Waals surface area contributed by atoms with Crippen LogP contribution >= 0.6 is 11.8 Å². The third-order valence-corrected chi connectivity index (χ3v) is 3.78. The highest BCUT2D eigenvalue weighted by Crippen LogP contribution is 2.34. The fourth-order valence-electron chi connectivity index (χ4n) is 2.01. The molecule has 0 spiro atoms. The lowest BCUT2D eigenvalue weighted by atomic mass is 10.2. The number of ether oxygens (including phenoxy) is 1. The van der Waals surface area contributed by atoms with Crippen molar-refractivity contribution >= 4 is 28.4 Å². The van der Waals surface area contributed by atoms with Crippen molar-refractivity contribution in [1.29, 1.82) is 0 Å². The molecule has 1 heterocycles. The monoisotopic (exact) mass is 282 g/mol. The van der Waals surface area contributed by atoms with Crippen LogP contribution in [0.1, 0.15) is 0 Å². The van der Waals surface area contributed by atoms with Crippen molar-refractivity contribution in [3.63, 3.8) is 0 Å². The Labute approximate surface area is 121 Å². The summed E-state index contributed by atoms with van der Waals surface area (Å²) in [5.74, 6) is 1.43. The molecule has 0 aliphatic rings. The standard InChI is InChI=1S/C16H14N2OS/c1-20-12-8-6-11(7-9-12)19-16-13-4-2-3-5-15(13)18-10-14(16)17/h2-10H,17H2,1H3. The second-order valence-corrected chi connectivity index (χ2v) is 5.22. The molecule has 20 heavy (non-hydrogen) atoms. The first-order valence-electron chi connectivity index (χ1n) is 6.23. The van der Waals surface area contributed by atoms with Gasteiger partial charge in [0.1, 0.15) is 5.75 Å². The fourth-order valence-corrected chi connectivity index (χ4v) is 2.42. The van der Waals surface area contributed by atoms with Crippen LogP contribution in [0.25, 0.3) is 10.9 Å². The van der Waals surface area contributed by atoms with Gasteiger partial charge in [0.05, 0.1) is 17.4 Å². The SMILES string of the molecule is CSc1ccc(Oc2c(N)cnc3ccccc23)cc1. The molecule has 0 unspecified atom stereocenters. The molecule has 0 aliphatic heterocycles. The van der Waals surface area contributed by atoms with Crippen LogP contribution in [0.4, 0.5) is 5.69 Å². The third-order valence-electron chi connectivity index (χ3n) is 3.03. The van der Waals surface area contributed by atoms with Gasteiger partial charge in [-0.15, -0.1) is 11.8 Å². The summed E-state index contributed by atoms with van der Waals surface area (Å²) in [6, 6.07) is 15.7. The third kappa shape index (κ3) is 2.42. The Morgan fingerprint density at radius 2 is 1.80 bits per heavy atom. The first-order valence-corrected chi connectivity index (χ1v) is 7.45. The quantitative estimate of drug-likeness (QED) is 0.726. The molecule has 0 bridgehead atoms. The maximum Gasteiger partial charge on any atom is 0.161 e. The highest BCUT2D eigenvalue weighted by atomic mass is 32.2. The summed E-state index contributed by atoms with van der Waals surface area (Å²) in [7, 11) is 0. The van der Waals surface area contributed by atoms with Crippen molar-refractivity contribution in [3.8, 4) is 11.5 Å². The molecule has 0 saturated heterocycles. The van der Waals surface area contributed by atoms with E-state index in [0.29, 0.717) is 11.4 Å². The molecule has 3 aromatic rings. The fraction of sp³-hybridized carbons (Fsp3) is 0.0625. The predicted molar refractivity (Wildman–Crippen MR) is 84.5 cm³/mol. The van der Waals surface area contributed by atoms with Crippen LogP contribution in [-0.4, -0.2) is 11.2 Å². The molecule has 2 N–H and O–H groups in total. The van der Waals surface area contributed by atoms with Crippen molar-refractivity contribution in [3.05, 3.63) is 54.7 Å². The van der Waals surface area contributed by atoms with E-state index in [9.17, 15) is 0 Å². The number of benzene rings is 2. The Hall–Kier alpha value is -2.20. The van der Waals surface area contributed by atoms with Crippen LogP contribution in [-0.2, 0) is 0 Å². The number of nitrogen functional groups attached to an aromatic ring is 1. The average molecular weight is 282 g/mol. The molecule has 1 aromatic heterocycles. The lowest BCUT2D eigenvalue weighted by Gasteiger charge is -2.11. The molecule has 4 heteroatoms. The van der Waals surface area contributed by atoms with Gasteiger partial charge < -0.3 is 10.5 Å². The first kappa shape index (κ1) is 12.8. The van der Waals surface area contributed by atoms with E-state index in [1.165, 1.54) is 4.90 Å². The number of nitrogens with zero attached hydrogens (tertiary/aromatic N) is 1. The number of hydrogen-bond acceptors (Lipinski definition) is 4. The summed E-state index contributed by atoms with van der Waals surface area (Å²) in [5, 5.41) is 0.918. The van der Waals surface area contributed by atoms with Gasteiger partial charge >= 0.3 is 0 Å². The largest absolute Gasteiger partial charge is 0.454 e. The summed E-state index contributed by atoms with van der Waals surface area (Å²) in [6.45, 7) is 0. The summed E-state index contributed by atoms with van der Waals surface area (Å²) in [4.78, 5) is 5.50. The van der Waals surface area contributed by atoms with Gasteiger partial charge in [-0.3, -0.25) is 4.98 Å². The zero-order valence-electron chi connectivity index (χ0n) is 11.0. The lowest BCUT2D eigenvalue weighted by Crippen LogP contribution is -1.95. The topological polar surface area (TPSA) is 48.1 Å². The first-order chi connectivity index (χ1) is 9.78. The van der Waals surface area contributed by atoms with Gasteiger partial charge in [0.2, 0.25) is 0 Å². The van der Waals surface area contributed by atoms with Crippen LogP contribution in [0.3, 0.4) is 0 Å². The molecule has 0 fully saturated rings. The number of fused-ring (bicyclic) bond motifs is 1. The molecular weight excluding hydrogens is 268 g/mol. The number of para-hydroxylation sites is 1. The van der Waals surface area contributed by atoms with Gasteiger partial charge in [-0.2, -0.15) is 0 Å². The van der Waals surface area contributed by atoms with Crippen LogP contribution in [0.5, 0.6) is 11.5 Å². The van der Waals surface area contributed by atoms with Gasteiger partial charge in [0, 0.05) is 10.3 Å². The van der Waals surface area contributed by atoms with Gasteiger partial charge in [-0.05, 0) is 42.7 Å². The lowest BCUT2D eigenvalue weighted by molar-refractivity contribution is 0.490. The number of aromatic nitrogens is 1. The summed E-state index contributed by atoms with van der Waals surface area (Å²) >= 11 is 1.70.